The van der Waals surface area contributed by atoms with Crippen LogP contribution in [0.25, 0.3) is 98.8 Å². The van der Waals surface area contributed by atoms with Crippen LogP contribution in [-0.4, -0.2) is 0 Å². The second-order valence-corrected chi connectivity index (χ2v) is 15.2. The summed E-state index contributed by atoms with van der Waals surface area (Å²) in [5.41, 5.74) is 13.5. The summed E-state index contributed by atoms with van der Waals surface area (Å²) in [6.45, 7) is 0. The van der Waals surface area contributed by atoms with Crippen LogP contribution >= 0.6 is 0 Å². The van der Waals surface area contributed by atoms with Gasteiger partial charge in [-0.25, -0.2) is 0 Å². The minimum absolute atomic E-state index is 0.845. The monoisotopic (exact) mass is 753 g/mol. The van der Waals surface area contributed by atoms with E-state index in [0.29, 0.717) is 0 Å². The lowest BCUT2D eigenvalue weighted by Gasteiger charge is -2.26. The standard InChI is InChI=1S/C56H35NO2/c1-2-12-36(13-3-1)38-26-30-42(31-27-38)57(43-32-28-39(29-33-43)44-19-10-20-48-46-17-8-9-22-52(46)58-55(44)48)51-21-11-23-53-54(51)50-35-49(45-16-6-7-18-47(45)56(50)59-53)41-25-24-37-14-4-5-15-40(37)34-41/h1-35H. The maximum atomic E-state index is 6.87. The van der Waals surface area contributed by atoms with Gasteiger partial charge in [0.05, 0.1) is 11.1 Å². The molecule has 0 saturated carbocycles. The average Bonchev–Trinajstić information content (AvgIpc) is 3.89. The molecule has 0 radical (unpaired) electrons. The van der Waals surface area contributed by atoms with Crippen molar-refractivity contribution in [3.63, 3.8) is 0 Å². The molecule has 0 unspecified atom stereocenters. The topological polar surface area (TPSA) is 29.5 Å². The lowest BCUT2D eigenvalue weighted by molar-refractivity contribution is 0.670. The van der Waals surface area contributed by atoms with Gasteiger partial charge in [-0.15, -0.1) is 0 Å². The number of anilines is 3. The highest BCUT2D eigenvalue weighted by molar-refractivity contribution is 6.23. The van der Waals surface area contributed by atoms with Gasteiger partial charge < -0.3 is 13.7 Å². The fraction of sp³-hybridized carbons (Fsp3) is 0. The Kier molecular flexibility index (Phi) is 7.54. The number of fused-ring (bicyclic) bond motifs is 9. The molecular formula is C56H35NO2. The van der Waals surface area contributed by atoms with Crippen molar-refractivity contribution >= 4 is 82.5 Å². The van der Waals surface area contributed by atoms with Crippen LogP contribution < -0.4 is 4.90 Å². The minimum atomic E-state index is 0.845. The molecule has 3 nitrogen and oxygen atoms in total. The molecule has 3 heteroatoms. The predicted molar refractivity (Wildman–Crippen MR) is 247 cm³/mol. The number of nitrogens with zero attached hydrogens (tertiary/aromatic N) is 1. The van der Waals surface area contributed by atoms with E-state index in [-0.39, 0.29) is 0 Å². The molecule has 0 aliphatic rings. The largest absolute Gasteiger partial charge is 0.455 e. The Hall–Kier alpha value is -7.88. The van der Waals surface area contributed by atoms with E-state index in [4.69, 9.17) is 8.83 Å². The van der Waals surface area contributed by atoms with Gasteiger partial charge in [-0.05, 0) is 98.6 Å². The molecule has 0 N–H and O–H groups in total. The fourth-order valence-corrected chi connectivity index (χ4v) is 9.04. The van der Waals surface area contributed by atoms with E-state index in [2.05, 4.69) is 205 Å². The quantitative estimate of drug-likeness (QED) is 0.169. The average molecular weight is 754 g/mol. The third-order valence-electron chi connectivity index (χ3n) is 11.9. The molecule has 0 atom stereocenters. The number of para-hydroxylation sites is 2. The van der Waals surface area contributed by atoms with Crippen molar-refractivity contribution in [3.8, 4) is 33.4 Å². The zero-order valence-electron chi connectivity index (χ0n) is 32.0. The molecule has 0 aliphatic heterocycles. The van der Waals surface area contributed by atoms with E-state index in [1.54, 1.807) is 0 Å². The molecule has 0 fully saturated rings. The van der Waals surface area contributed by atoms with Gasteiger partial charge >= 0.3 is 0 Å². The van der Waals surface area contributed by atoms with Crippen LogP contribution in [0.3, 0.4) is 0 Å². The lowest BCUT2D eigenvalue weighted by Crippen LogP contribution is -2.10. The molecule has 2 heterocycles. The van der Waals surface area contributed by atoms with Gasteiger partial charge in [-0.1, -0.05) is 158 Å². The summed E-state index contributed by atoms with van der Waals surface area (Å²) in [5.74, 6) is 0. The number of benzene rings is 10. The van der Waals surface area contributed by atoms with Crippen molar-refractivity contribution in [2.75, 3.05) is 4.90 Å². The molecular weight excluding hydrogens is 719 g/mol. The van der Waals surface area contributed by atoms with Crippen molar-refractivity contribution in [1.29, 1.82) is 0 Å². The highest BCUT2D eigenvalue weighted by Crippen LogP contribution is 2.47. The van der Waals surface area contributed by atoms with Crippen LogP contribution in [0.5, 0.6) is 0 Å². The van der Waals surface area contributed by atoms with Gasteiger partial charge in [-0.3, -0.25) is 0 Å². The van der Waals surface area contributed by atoms with Crippen molar-refractivity contribution in [2.45, 2.75) is 0 Å². The van der Waals surface area contributed by atoms with Crippen LogP contribution in [0.4, 0.5) is 17.1 Å². The Bertz CT molecular complexity index is 3540. The highest BCUT2D eigenvalue weighted by Gasteiger charge is 2.22. The molecule has 0 amide bonds. The summed E-state index contributed by atoms with van der Waals surface area (Å²) in [6, 6.07) is 75.7. The van der Waals surface area contributed by atoms with Crippen LogP contribution in [0.15, 0.2) is 221 Å². The maximum absolute atomic E-state index is 6.87. The summed E-state index contributed by atoms with van der Waals surface area (Å²) in [4.78, 5) is 2.36. The summed E-state index contributed by atoms with van der Waals surface area (Å²) < 4.78 is 13.3. The van der Waals surface area contributed by atoms with Crippen LogP contribution in [-0.2, 0) is 0 Å². The maximum Gasteiger partial charge on any atom is 0.143 e. The molecule has 59 heavy (non-hydrogen) atoms. The first-order chi connectivity index (χ1) is 29.2. The molecule has 12 rings (SSSR count). The van der Waals surface area contributed by atoms with Gasteiger partial charge in [0.15, 0.2) is 0 Å². The van der Waals surface area contributed by atoms with Crippen molar-refractivity contribution in [1.82, 2.24) is 0 Å². The molecule has 0 spiro atoms. The molecule has 276 valence electrons. The molecule has 0 saturated heterocycles. The fourth-order valence-electron chi connectivity index (χ4n) is 9.04. The number of hydrogen-bond donors (Lipinski definition) is 0. The Morgan fingerprint density at radius 2 is 0.881 bits per heavy atom. The summed E-state index contributed by atoms with van der Waals surface area (Å²) in [5, 5.41) is 9.11. The van der Waals surface area contributed by atoms with Crippen LogP contribution in [0, 0.1) is 0 Å². The minimum Gasteiger partial charge on any atom is -0.455 e. The first-order valence-corrected chi connectivity index (χ1v) is 20.1. The van der Waals surface area contributed by atoms with Crippen molar-refractivity contribution in [2.24, 2.45) is 0 Å². The lowest BCUT2D eigenvalue weighted by atomic mass is 9.93. The van der Waals surface area contributed by atoms with Crippen molar-refractivity contribution in [3.05, 3.63) is 212 Å². The number of rotatable bonds is 6. The normalized spacial score (nSPS) is 11.7. The number of furan rings is 2. The van der Waals surface area contributed by atoms with Crippen LogP contribution in [0.1, 0.15) is 0 Å². The predicted octanol–water partition coefficient (Wildman–Crippen LogP) is 16.3. The van der Waals surface area contributed by atoms with E-state index in [0.717, 1.165) is 77.5 Å². The zero-order chi connectivity index (χ0) is 38.9. The summed E-state index contributed by atoms with van der Waals surface area (Å²) in [6.07, 6.45) is 0. The van der Waals surface area contributed by atoms with Crippen LogP contribution in [0.2, 0.25) is 0 Å². The smallest absolute Gasteiger partial charge is 0.143 e. The first-order valence-electron chi connectivity index (χ1n) is 20.1. The van der Waals surface area contributed by atoms with Gasteiger partial charge in [0, 0.05) is 38.5 Å². The molecule has 0 aliphatic carbocycles. The van der Waals surface area contributed by atoms with Gasteiger partial charge in [0.25, 0.3) is 0 Å². The van der Waals surface area contributed by atoms with Gasteiger partial charge in [0.2, 0.25) is 0 Å². The second-order valence-electron chi connectivity index (χ2n) is 15.2. The summed E-state index contributed by atoms with van der Waals surface area (Å²) >= 11 is 0. The van der Waals surface area contributed by atoms with Crippen molar-refractivity contribution < 1.29 is 8.83 Å². The van der Waals surface area contributed by atoms with E-state index in [9.17, 15) is 0 Å². The van der Waals surface area contributed by atoms with E-state index < -0.39 is 0 Å². The molecule has 12 aromatic rings. The van der Waals surface area contributed by atoms with E-state index >= 15 is 0 Å². The Morgan fingerprint density at radius 3 is 1.69 bits per heavy atom. The third-order valence-corrected chi connectivity index (χ3v) is 11.9. The third kappa shape index (κ3) is 5.44. The van der Waals surface area contributed by atoms with E-state index in [1.807, 2.05) is 12.1 Å². The first kappa shape index (κ1) is 33.3. The Balaban J connectivity index is 1.07. The molecule has 2 aromatic heterocycles. The second kappa shape index (κ2) is 13.4. The highest BCUT2D eigenvalue weighted by atomic mass is 16.3. The molecule has 10 aromatic carbocycles. The Labute approximate surface area is 340 Å². The summed E-state index contributed by atoms with van der Waals surface area (Å²) in [7, 11) is 0. The van der Waals surface area contributed by atoms with Gasteiger partial charge in [-0.2, -0.15) is 0 Å². The molecule has 0 bridgehead atoms. The van der Waals surface area contributed by atoms with E-state index in [1.165, 1.54) is 38.4 Å². The SMILES string of the molecule is c1ccc(-c2ccc(N(c3ccc(-c4cccc5c4oc4ccccc45)cc3)c3cccc4oc5c6ccccc6c(-c6ccc7ccccc7c6)cc5c34)cc2)cc1. The number of hydrogen-bond acceptors (Lipinski definition) is 3. The Morgan fingerprint density at radius 1 is 0.305 bits per heavy atom. The zero-order valence-corrected chi connectivity index (χ0v) is 32.0. The van der Waals surface area contributed by atoms with Gasteiger partial charge in [0.1, 0.15) is 22.3 Å².